The van der Waals surface area contributed by atoms with E-state index in [1.807, 2.05) is 30.3 Å². The zero-order valence-electron chi connectivity index (χ0n) is 10.7. The monoisotopic (exact) mass is 272 g/mol. The van der Waals surface area contributed by atoms with Crippen molar-refractivity contribution in [2.45, 2.75) is 6.92 Å². The predicted octanol–water partition coefficient (Wildman–Crippen LogP) is 1.86. The lowest BCUT2D eigenvalue weighted by Crippen LogP contribution is -2.12. The van der Waals surface area contributed by atoms with Crippen LogP contribution in [-0.2, 0) is 4.79 Å². The number of nitrogens with one attached hydrogen (secondary N) is 1. The van der Waals surface area contributed by atoms with Crippen LogP contribution in [0, 0.1) is 10.1 Å². The van der Waals surface area contributed by atoms with Gasteiger partial charge >= 0.3 is 0 Å². The van der Waals surface area contributed by atoms with Crippen molar-refractivity contribution in [2.75, 3.05) is 0 Å². The van der Waals surface area contributed by atoms with E-state index in [9.17, 15) is 14.9 Å². The van der Waals surface area contributed by atoms with Crippen LogP contribution in [0.15, 0.2) is 47.7 Å². The van der Waals surface area contributed by atoms with Crippen molar-refractivity contribution < 1.29 is 9.72 Å². The number of carbonyl (C=O) groups is 1. The number of hydrazone groups is 1. The predicted molar refractivity (Wildman–Crippen MR) is 73.8 cm³/mol. The van der Waals surface area contributed by atoms with E-state index in [4.69, 9.17) is 0 Å². The molecule has 20 heavy (non-hydrogen) atoms. The van der Waals surface area contributed by atoms with E-state index >= 15 is 0 Å². The summed E-state index contributed by atoms with van der Waals surface area (Å²) in [5.74, 6) is -0.312. The number of hydrogen-bond acceptors (Lipinski definition) is 4. The number of para-hydroxylation sites is 1. The maximum Gasteiger partial charge on any atom is 0.287 e. The van der Waals surface area contributed by atoms with E-state index in [1.165, 1.54) is 25.4 Å². The van der Waals surface area contributed by atoms with Gasteiger partial charge in [0, 0.05) is 18.7 Å². The Labute approximate surface area is 114 Å². The Balaban J connectivity index is 2.41. The maximum atomic E-state index is 10.9. The van der Waals surface area contributed by atoms with Crippen LogP contribution in [-0.4, -0.2) is 21.6 Å². The third-order valence-electron chi connectivity index (χ3n) is 2.50. The van der Waals surface area contributed by atoms with Crippen LogP contribution in [0.5, 0.6) is 0 Å². The fraction of sp³-hybridized carbons (Fsp3) is 0.0769. The van der Waals surface area contributed by atoms with Gasteiger partial charge in [-0.1, -0.05) is 18.2 Å². The van der Waals surface area contributed by atoms with Crippen molar-refractivity contribution >= 4 is 17.8 Å². The Kier molecular flexibility index (Phi) is 3.90. The molecule has 0 atom stereocenters. The fourth-order valence-electron chi connectivity index (χ4n) is 1.67. The molecule has 102 valence electrons. The Bertz CT molecular complexity index is 662. The second kappa shape index (κ2) is 5.79. The summed E-state index contributed by atoms with van der Waals surface area (Å²) in [4.78, 5) is 21.1. The topological polar surface area (TPSA) is 89.5 Å². The molecule has 7 nitrogen and oxygen atoms in total. The first kappa shape index (κ1) is 13.5. The largest absolute Gasteiger partial charge is 0.309 e. The molecule has 0 bridgehead atoms. The van der Waals surface area contributed by atoms with Crippen molar-refractivity contribution in [3.8, 4) is 5.69 Å². The lowest BCUT2D eigenvalue weighted by atomic mass is 10.3. The van der Waals surface area contributed by atoms with E-state index in [2.05, 4.69) is 10.5 Å². The van der Waals surface area contributed by atoms with Crippen LogP contribution < -0.4 is 5.43 Å². The van der Waals surface area contributed by atoms with Gasteiger partial charge in [0.15, 0.2) is 0 Å². The van der Waals surface area contributed by atoms with Gasteiger partial charge in [0.2, 0.25) is 5.91 Å². The molecule has 0 aliphatic heterocycles. The zero-order chi connectivity index (χ0) is 14.5. The summed E-state index contributed by atoms with van der Waals surface area (Å²) in [6.07, 6.45) is 2.77. The third-order valence-corrected chi connectivity index (χ3v) is 2.50. The van der Waals surface area contributed by atoms with Crippen molar-refractivity contribution in [1.29, 1.82) is 0 Å². The number of rotatable bonds is 4. The highest BCUT2D eigenvalue weighted by Crippen LogP contribution is 2.19. The molecule has 0 aliphatic rings. The Hall–Kier alpha value is -2.96. The Morgan fingerprint density at radius 2 is 2.10 bits per heavy atom. The average Bonchev–Trinajstić information content (AvgIpc) is 2.84. The second-order valence-corrected chi connectivity index (χ2v) is 4.01. The molecule has 0 saturated heterocycles. The fourth-order valence-corrected chi connectivity index (χ4v) is 1.67. The summed E-state index contributed by atoms with van der Waals surface area (Å²) < 4.78 is 1.63. The molecule has 1 aromatic heterocycles. The van der Waals surface area contributed by atoms with Crippen LogP contribution in [0.2, 0.25) is 0 Å². The smallest absolute Gasteiger partial charge is 0.287 e. The summed E-state index contributed by atoms with van der Waals surface area (Å²) >= 11 is 0. The average molecular weight is 272 g/mol. The number of carbonyl (C=O) groups excluding carboxylic acids is 1. The van der Waals surface area contributed by atoms with Crippen LogP contribution >= 0.6 is 0 Å². The minimum atomic E-state index is -0.477. The van der Waals surface area contributed by atoms with Gasteiger partial charge in [0.05, 0.1) is 23.0 Å². The number of aromatic nitrogens is 1. The van der Waals surface area contributed by atoms with E-state index in [0.717, 1.165) is 5.69 Å². The van der Waals surface area contributed by atoms with Gasteiger partial charge in [-0.2, -0.15) is 5.10 Å². The number of benzene rings is 1. The molecule has 0 unspecified atom stereocenters. The highest BCUT2D eigenvalue weighted by Gasteiger charge is 2.13. The van der Waals surface area contributed by atoms with Crippen molar-refractivity contribution in [3.63, 3.8) is 0 Å². The molecular weight excluding hydrogens is 260 g/mol. The molecule has 2 aromatic rings. The molecule has 0 aliphatic carbocycles. The quantitative estimate of drug-likeness (QED) is 0.523. The van der Waals surface area contributed by atoms with Gasteiger partial charge in [-0.15, -0.1) is 0 Å². The first-order valence-electron chi connectivity index (χ1n) is 5.80. The van der Waals surface area contributed by atoms with E-state index < -0.39 is 4.92 Å². The molecule has 1 amide bonds. The SMILES string of the molecule is CC(=O)N/N=C/c1cc([N+](=O)[O-])cn1-c1ccccc1. The standard InChI is InChI=1S/C13H12N4O3/c1-10(18)15-14-8-12-7-13(17(19)20)9-16(12)11-5-3-2-4-6-11/h2-9H,1H3,(H,15,18)/b14-8+. The molecule has 1 heterocycles. The minimum Gasteiger partial charge on any atom is -0.309 e. The molecule has 0 saturated carbocycles. The summed E-state index contributed by atoms with van der Waals surface area (Å²) in [5.41, 5.74) is 3.48. The van der Waals surface area contributed by atoms with Crippen LogP contribution in [0.3, 0.4) is 0 Å². The van der Waals surface area contributed by atoms with Crippen molar-refractivity contribution in [2.24, 2.45) is 5.10 Å². The molecule has 1 N–H and O–H groups in total. The van der Waals surface area contributed by atoms with Crippen LogP contribution in [0.25, 0.3) is 5.69 Å². The minimum absolute atomic E-state index is 0.0434. The van der Waals surface area contributed by atoms with Gasteiger partial charge in [-0.25, -0.2) is 5.43 Å². The number of nitro groups is 1. The Morgan fingerprint density at radius 3 is 2.70 bits per heavy atom. The van der Waals surface area contributed by atoms with Gasteiger partial charge in [-0.3, -0.25) is 14.9 Å². The molecule has 2 rings (SSSR count). The van der Waals surface area contributed by atoms with Gasteiger partial charge in [0.25, 0.3) is 5.69 Å². The third kappa shape index (κ3) is 3.08. The summed E-state index contributed by atoms with van der Waals surface area (Å²) in [5, 5.41) is 14.6. The molecule has 1 aromatic carbocycles. The van der Waals surface area contributed by atoms with Gasteiger partial charge in [0.1, 0.15) is 0 Å². The van der Waals surface area contributed by atoms with E-state index in [-0.39, 0.29) is 11.6 Å². The highest BCUT2D eigenvalue weighted by molar-refractivity contribution is 5.82. The molecular formula is C13H12N4O3. The summed E-state index contributed by atoms with van der Waals surface area (Å²) in [7, 11) is 0. The molecule has 0 radical (unpaired) electrons. The first-order chi connectivity index (χ1) is 9.58. The van der Waals surface area contributed by atoms with Gasteiger partial charge in [-0.05, 0) is 12.1 Å². The molecule has 0 fully saturated rings. The Morgan fingerprint density at radius 1 is 1.40 bits per heavy atom. The van der Waals surface area contributed by atoms with E-state index in [0.29, 0.717) is 5.69 Å². The molecule has 0 spiro atoms. The van der Waals surface area contributed by atoms with E-state index in [1.54, 1.807) is 4.57 Å². The first-order valence-corrected chi connectivity index (χ1v) is 5.80. The normalized spacial score (nSPS) is 10.7. The highest BCUT2D eigenvalue weighted by atomic mass is 16.6. The summed E-state index contributed by atoms with van der Waals surface area (Å²) in [6, 6.07) is 10.5. The maximum absolute atomic E-state index is 10.9. The van der Waals surface area contributed by atoms with Gasteiger partial charge < -0.3 is 4.57 Å². The van der Waals surface area contributed by atoms with Crippen molar-refractivity contribution in [3.05, 3.63) is 58.4 Å². The lowest BCUT2D eigenvalue weighted by Gasteiger charge is -2.04. The lowest BCUT2D eigenvalue weighted by molar-refractivity contribution is -0.384. The second-order valence-electron chi connectivity index (χ2n) is 4.01. The van der Waals surface area contributed by atoms with Crippen LogP contribution in [0.4, 0.5) is 5.69 Å². The molecule has 7 heteroatoms. The van der Waals surface area contributed by atoms with Crippen LogP contribution in [0.1, 0.15) is 12.6 Å². The number of amides is 1. The number of nitrogens with zero attached hydrogens (tertiary/aromatic N) is 3. The zero-order valence-corrected chi connectivity index (χ0v) is 10.7. The number of hydrogen-bond donors (Lipinski definition) is 1. The van der Waals surface area contributed by atoms with Crippen molar-refractivity contribution in [1.82, 2.24) is 9.99 Å². The summed E-state index contributed by atoms with van der Waals surface area (Å²) in [6.45, 7) is 1.33.